The van der Waals surface area contributed by atoms with Crippen molar-refractivity contribution >= 4 is 24.3 Å². The SMILES string of the molecule is CC(=O)O.CC(N)(Cc1ccc(O)c(O)c1)C(=O)[O-].Cl. The van der Waals surface area contributed by atoms with Crippen LogP contribution in [0.25, 0.3) is 0 Å². The zero-order valence-electron chi connectivity index (χ0n) is 11.0. The van der Waals surface area contributed by atoms with Gasteiger partial charge in [-0.25, -0.2) is 0 Å². The molecular formula is C12H17ClNO6-. The summed E-state index contributed by atoms with van der Waals surface area (Å²) in [4.78, 5) is 19.6. The van der Waals surface area contributed by atoms with Crippen LogP contribution in [-0.4, -0.2) is 32.8 Å². The molecule has 7 nitrogen and oxygen atoms in total. The number of phenolic OH excluding ortho intramolecular Hbond substituents is 2. The van der Waals surface area contributed by atoms with Gasteiger partial charge in [-0.1, -0.05) is 6.07 Å². The van der Waals surface area contributed by atoms with Gasteiger partial charge in [-0.15, -0.1) is 12.4 Å². The van der Waals surface area contributed by atoms with E-state index in [9.17, 15) is 15.0 Å². The minimum Gasteiger partial charge on any atom is -0.548 e. The van der Waals surface area contributed by atoms with Gasteiger partial charge in [0.2, 0.25) is 0 Å². The van der Waals surface area contributed by atoms with Crippen molar-refractivity contribution in [3.05, 3.63) is 23.8 Å². The third kappa shape index (κ3) is 7.45. The standard InChI is InChI=1S/C10H13NO4.C2H4O2.ClH/c1-10(11,9(14)15)5-6-2-3-7(12)8(13)4-6;1-2(3)4;/h2-4,12-13H,5,11H2,1H3,(H,14,15);1H3,(H,3,4);1H/p-1. The molecule has 1 rings (SSSR count). The molecule has 1 atom stereocenters. The van der Waals surface area contributed by atoms with Gasteiger partial charge in [0.05, 0.1) is 11.5 Å². The first-order valence-corrected chi connectivity index (χ1v) is 5.27. The van der Waals surface area contributed by atoms with E-state index >= 15 is 0 Å². The molecule has 1 aromatic carbocycles. The van der Waals surface area contributed by atoms with Gasteiger partial charge in [0.15, 0.2) is 11.5 Å². The lowest BCUT2D eigenvalue weighted by molar-refractivity contribution is -0.312. The summed E-state index contributed by atoms with van der Waals surface area (Å²) in [6.45, 7) is 2.41. The molecule has 0 aromatic heterocycles. The Balaban J connectivity index is 0. The fourth-order valence-corrected chi connectivity index (χ4v) is 1.18. The Morgan fingerprint density at radius 1 is 1.30 bits per heavy atom. The Kier molecular flexibility index (Phi) is 8.37. The molecule has 0 aliphatic carbocycles. The zero-order chi connectivity index (χ0) is 15.2. The molecule has 0 radical (unpaired) electrons. The van der Waals surface area contributed by atoms with Crippen molar-refractivity contribution in [3.8, 4) is 11.5 Å². The number of carbonyl (C=O) groups is 2. The van der Waals surface area contributed by atoms with Crippen molar-refractivity contribution in [2.24, 2.45) is 5.73 Å². The van der Waals surface area contributed by atoms with Crippen LogP contribution < -0.4 is 10.8 Å². The highest BCUT2D eigenvalue weighted by atomic mass is 35.5. The largest absolute Gasteiger partial charge is 0.548 e. The topological polar surface area (TPSA) is 144 Å². The van der Waals surface area contributed by atoms with Crippen LogP contribution in [0.2, 0.25) is 0 Å². The number of benzene rings is 1. The first-order valence-electron chi connectivity index (χ1n) is 5.27. The highest BCUT2D eigenvalue weighted by molar-refractivity contribution is 5.85. The molecule has 20 heavy (non-hydrogen) atoms. The minimum absolute atomic E-state index is 0. The molecule has 1 aromatic rings. The van der Waals surface area contributed by atoms with E-state index in [1.165, 1.54) is 25.1 Å². The fraction of sp³-hybridized carbons (Fsp3) is 0.333. The molecule has 0 aliphatic heterocycles. The first-order chi connectivity index (χ1) is 8.56. The number of hydrogen-bond acceptors (Lipinski definition) is 6. The van der Waals surface area contributed by atoms with E-state index in [-0.39, 0.29) is 30.3 Å². The molecule has 0 bridgehead atoms. The highest BCUT2D eigenvalue weighted by Crippen LogP contribution is 2.26. The number of rotatable bonds is 3. The molecule has 114 valence electrons. The van der Waals surface area contributed by atoms with E-state index in [0.29, 0.717) is 5.56 Å². The average molecular weight is 307 g/mol. The lowest BCUT2D eigenvalue weighted by Crippen LogP contribution is -2.54. The predicted molar refractivity (Wildman–Crippen MR) is 71.6 cm³/mol. The monoisotopic (exact) mass is 306 g/mol. The summed E-state index contributed by atoms with van der Waals surface area (Å²) in [7, 11) is 0. The van der Waals surface area contributed by atoms with E-state index in [1.807, 2.05) is 0 Å². The third-order valence-corrected chi connectivity index (χ3v) is 2.08. The maximum atomic E-state index is 10.6. The molecule has 0 saturated heterocycles. The lowest BCUT2D eigenvalue weighted by atomic mass is 9.94. The maximum Gasteiger partial charge on any atom is 0.300 e. The van der Waals surface area contributed by atoms with Crippen LogP contribution in [0.1, 0.15) is 19.4 Å². The summed E-state index contributed by atoms with van der Waals surface area (Å²) < 4.78 is 0. The van der Waals surface area contributed by atoms with Gasteiger partial charge in [0.1, 0.15) is 0 Å². The molecule has 8 heteroatoms. The Morgan fingerprint density at radius 2 is 1.75 bits per heavy atom. The van der Waals surface area contributed by atoms with Gasteiger partial charge in [-0.3, -0.25) is 4.79 Å². The number of hydrogen-bond donors (Lipinski definition) is 4. The summed E-state index contributed by atoms with van der Waals surface area (Å²) in [6, 6.07) is 4.03. The van der Waals surface area contributed by atoms with E-state index in [0.717, 1.165) is 6.92 Å². The fourth-order valence-electron chi connectivity index (χ4n) is 1.18. The first kappa shape index (κ1) is 20.3. The summed E-state index contributed by atoms with van der Waals surface area (Å²) >= 11 is 0. The number of phenols is 2. The van der Waals surface area contributed by atoms with Crippen LogP contribution in [-0.2, 0) is 16.0 Å². The number of nitrogens with two attached hydrogens (primary N) is 1. The van der Waals surface area contributed by atoms with Crippen LogP contribution >= 0.6 is 12.4 Å². The number of carboxylic acid groups (broad SMARTS) is 2. The Labute approximate surface area is 122 Å². The van der Waals surface area contributed by atoms with Crippen molar-refractivity contribution in [2.75, 3.05) is 0 Å². The number of carboxylic acids is 2. The second-order valence-electron chi connectivity index (χ2n) is 4.22. The molecule has 1 unspecified atom stereocenters. The van der Waals surface area contributed by atoms with Crippen molar-refractivity contribution < 1.29 is 30.0 Å². The van der Waals surface area contributed by atoms with Crippen LogP contribution in [0.5, 0.6) is 11.5 Å². The van der Waals surface area contributed by atoms with Crippen LogP contribution in [0, 0.1) is 0 Å². The van der Waals surface area contributed by atoms with E-state index in [1.54, 1.807) is 0 Å². The Bertz CT molecular complexity index is 471. The van der Waals surface area contributed by atoms with E-state index in [2.05, 4.69) is 0 Å². The number of halogens is 1. The van der Waals surface area contributed by atoms with Gasteiger partial charge >= 0.3 is 0 Å². The summed E-state index contributed by atoms with van der Waals surface area (Å²) in [6.07, 6.45) is 0.0170. The van der Waals surface area contributed by atoms with Gasteiger partial charge in [-0.05, 0) is 31.0 Å². The van der Waals surface area contributed by atoms with Gasteiger partial charge in [-0.2, -0.15) is 0 Å². The zero-order valence-corrected chi connectivity index (χ0v) is 11.8. The van der Waals surface area contributed by atoms with Crippen molar-refractivity contribution in [2.45, 2.75) is 25.8 Å². The van der Waals surface area contributed by atoms with Gasteiger partial charge in [0.25, 0.3) is 5.97 Å². The van der Waals surface area contributed by atoms with E-state index < -0.39 is 17.5 Å². The van der Waals surface area contributed by atoms with Crippen molar-refractivity contribution in [3.63, 3.8) is 0 Å². The Hall–Kier alpha value is -1.99. The van der Waals surface area contributed by atoms with Crippen molar-refractivity contribution in [1.82, 2.24) is 0 Å². The lowest BCUT2D eigenvalue weighted by Gasteiger charge is -2.25. The van der Waals surface area contributed by atoms with Crippen molar-refractivity contribution in [1.29, 1.82) is 0 Å². The summed E-state index contributed by atoms with van der Waals surface area (Å²) in [5.74, 6) is -2.76. The number of carbonyl (C=O) groups excluding carboxylic acids is 1. The molecule has 0 spiro atoms. The highest BCUT2D eigenvalue weighted by Gasteiger charge is 2.20. The van der Waals surface area contributed by atoms with Gasteiger partial charge in [0, 0.05) is 6.92 Å². The molecular weight excluding hydrogens is 290 g/mol. The molecule has 0 fully saturated rings. The predicted octanol–water partition coefficient (Wildman–Crippen LogP) is -0.380. The molecule has 0 aliphatic rings. The molecule has 0 heterocycles. The number of aliphatic carboxylic acids is 2. The van der Waals surface area contributed by atoms with Crippen LogP contribution in [0.3, 0.4) is 0 Å². The average Bonchev–Trinajstić information content (AvgIpc) is 2.22. The molecule has 0 amide bonds. The second kappa shape index (κ2) is 8.23. The minimum atomic E-state index is -1.50. The molecule has 0 saturated carbocycles. The van der Waals surface area contributed by atoms with Crippen LogP contribution in [0.15, 0.2) is 18.2 Å². The molecule has 5 N–H and O–H groups in total. The second-order valence-corrected chi connectivity index (χ2v) is 4.22. The summed E-state index contributed by atoms with van der Waals surface area (Å²) in [5, 5.41) is 36.3. The Morgan fingerprint density at radius 3 is 2.10 bits per heavy atom. The smallest absolute Gasteiger partial charge is 0.300 e. The quantitative estimate of drug-likeness (QED) is 0.557. The van der Waals surface area contributed by atoms with E-state index in [4.69, 9.17) is 20.7 Å². The maximum absolute atomic E-state index is 10.6. The summed E-state index contributed by atoms with van der Waals surface area (Å²) in [5.41, 5.74) is 4.49. The normalized spacial score (nSPS) is 12.2. The number of aromatic hydroxyl groups is 2. The van der Waals surface area contributed by atoms with Gasteiger partial charge < -0.3 is 31.0 Å². The van der Waals surface area contributed by atoms with Crippen LogP contribution in [0.4, 0.5) is 0 Å². The third-order valence-electron chi connectivity index (χ3n) is 2.08.